The number of alkyl halides is 3. The van der Waals surface area contributed by atoms with Gasteiger partial charge in [0.25, 0.3) is 5.91 Å². The maximum atomic E-state index is 13.3. The molecule has 0 unspecified atom stereocenters. The van der Waals surface area contributed by atoms with E-state index in [1.165, 1.54) is 6.26 Å². The van der Waals surface area contributed by atoms with E-state index in [-0.39, 0.29) is 47.8 Å². The summed E-state index contributed by atoms with van der Waals surface area (Å²) in [5, 5.41) is 3.06. The molecule has 1 N–H and O–H groups in total. The van der Waals surface area contributed by atoms with Gasteiger partial charge in [-0.25, -0.2) is 9.38 Å². The van der Waals surface area contributed by atoms with Crippen molar-refractivity contribution in [1.82, 2.24) is 15.1 Å². The first-order valence-electron chi connectivity index (χ1n) is 9.51. The number of aliphatic imine (C=N–C) groups is 1. The number of halogens is 5. The van der Waals surface area contributed by atoms with Crippen molar-refractivity contribution < 1.29 is 26.8 Å². The van der Waals surface area contributed by atoms with Crippen LogP contribution in [0.25, 0.3) is 0 Å². The molecular weight excluding hydrogens is 531 g/mol. The Labute approximate surface area is 194 Å². The number of nitrogens with one attached hydrogen (secondary N) is 1. The van der Waals surface area contributed by atoms with Crippen LogP contribution < -0.4 is 5.32 Å². The lowest BCUT2D eigenvalue weighted by Crippen LogP contribution is -2.53. The molecule has 1 amide bonds. The highest BCUT2D eigenvalue weighted by molar-refractivity contribution is 14.0. The van der Waals surface area contributed by atoms with Crippen LogP contribution in [0, 0.1) is 5.82 Å². The van der Waals surface area contributed by atoms with Gasteiger partial charge in [-0.15, -0.1) is 24.0 Å². The van der Waals surface area contributed by atoms with Crippen molar-refractivity contribution in [3.05, 3.63) is 59.3 Å². The average molecular weight is 554 g/mol. The second-order valence-electron chi connectivity index (χ2n) is 6.73. The summed E-state index contributed by atoms with van der Waals surface area (Å²) >= 11 is 0. The molecule has 1 fully saturated rings. The maximum absolute atomic E-state index is 13.3. The number of rotatable bonds is 4. The molecule has 0 atom stereocenters. The molecule has 31 heavy (non-hydrogen) atoms. The van der Waals surface area contributed by atoms with Crippen molar-refractivity contribution in [1.29, 1.82) is 0 Å². The van der Waals surface area contributed by atoms with Crippen molar-refractivity contribution in [2.75, 3.05) is 32.7 Å². The summed E-state index contributed by atoms with van der Waals surface area (Å²) < 4.78 is 58.0. The van der Waals surface area contributed by atoms with E-state index in [4.69, 9.17) is 4.42 Å². The van der Waals surface area contributed by atoms with Gasteiger partial charge in [-0.1, -0.05) is 6.07 Å². The predicted octanol–water partition coefficient (Wildman–Crippen LogP) is 3.98. The minimum absolute atomic E-state index is 0. The Morgan fingerprint density at radius 2 is 1.84 bits per heavy atom. The summed E-state index contributed by atoms with van der Waals surface area (Å²) in [6.45, 7) is 3.92. The summed E-state index contributed by atoms with van der Waals surface area (Å²) in [5.41, 5.74) is -1.14. The molecule has 0 radical (unpaired) electrons. The van der Waals surface area contributed by atoms with Crippen molar-refractivity contribution in [2.24, 2.45) is 4.99 Å². The zero-order valence-electron chi connectivity index (χ0n) is 16.8. The van der Waals surface area contributed by atoms with Crippen LogP contribution in [0.15, 0.2) is 46.0 Å². The van der Waals surface area contributed by atoms with Crippen LogP contribution in [0.3, 0.4) is 0 Å². The maximum Gasteiger partial charge on any atom is 0.416 e. The number of furan rings is 1. The molecular formula is C20H23F4IN4O2. The lowest BCUT2D eigenvalue weighted by atomic mass is 10.1. The van der Waals surface area contributed by atoms with Crippen LogP contribution in [0.5, 0.6) is 0 Å². The van der Waals surface area contributed by atoms with E-state index in [1.54, 1.807) is 17.0 Å². The van der Waals surface area contributed by atoms with Gasteiger partial charge in [0.1, 0.15) is 5.82 Å². The van der Waals surface area contributed by atoms with Crippen molar-refractivity contribution in [2.45, 2.75) is 19.6 Å². The Balaban J connectivity index is 0.00000341. The van der Waals surface area contributed by atoms with Crippen LogP contribution >= 0.6 is 24.0 Å². The number of benzene rings is 1. The molecule has 1 aromatic heterocycles. The Hall–Kier alpha value is -2.31. The summed E-state index contributed by atoms with van der Waals surface area (Å²) in [5.74, 6) is -0.443. The summed E-state index contributed by atoms with van der Waals surface area (Å²) in [4.78, 5) is 20.2. The molecule has 1 saturated heterocycles. The Kier molecular flexibility index (Phi) is 8.71. The third-order valence-corrected chi connectivity index (χ3v) is 4.71. The SMILES string of the molecule is CCNC(=NCc1ccc(F)cc1C(F)(F)F)N1CCN(C(=O)c2ccco2)CC1.I. The lowest BCUT2D eigenvalue weighted by molar-refractivity contribution is -0.138. The van der Waals surface area contributed by atoms with Crippen molar-refractivity contribution >= 4 is 35.8 Å². The number of carbonyl (C=O) groups excluding carboxylic acids is 1. The number of carbonyl (C=O) groups is 1. The summed E-state index contributed by atoms with van der Waals surface area (Å²) in [7, 11) is 0. The van der Waals surface area contributed by atoms with E-state index in [9.17, 15) is 22.4 Å². The second-order valence-corrected chi connectivity index (χ2v) is 6.73. The zero-order valence-corrected chi connectivity index (χ0v) is 19.1. The highest BCUT2D eigenvalue weighted by Crippen LogP contribution is 2.32. The molecule has 11 heteroatoms. The number of piperazine rings is 1. The smallest absolute Gasteiger partial charge is 0.416 e. The first kappa shape index (κ1) is 25.0. The van der Waals surface area contributed by atoms with Gasteiger partial charge in [-0.3, -0.25) is 4.79 Å². The van der Waals surface area contributed by atoms with Crippen LogP contribution in [0.4, 0.5) is 17.6 Å². The number of amides is 1. The average Bonchev–Trinajstić information content (AvgIpc) is 3.25. The van der Waals surface area contributed by atoms with Gasteiger partial charge in [0.15, 0.2) is 11.7 Å². The van der Waals surface area contributed by atoms with Gasteiger partial charge < -0.3 is 19.5 Å². The van der Waals surface area contributed by atoms with Crippen molar-refractivity contribution in [3.63, 3.8) is 0 Å². The molecule has 1 aromatic carbocycles. The standard InChI is InChI=1S/C20H22F4N4O2.HI/c1-2-25-19(26-13-14-5-6-15(21)12-16(14)20(22,23)24)28-9-7-27(8-10-28)18(29)17-4-3-11-30-17;/h3-6,11-12H,2,7-10,13H2,1H3,(H,25,26);1H. The Morgan fingerprint density at radius 3 is 2.42 bits per heavy atom. The Bertz CT molecular complexity index is 895. The second kappa shape index (κ2) is 10.8. The van der Waals surface area contributed by atoms with Gasteiger partial charge >= 0.3 is 6.18 Å². The van der Waals surface area contributed by atoms with Gasteiger partial charge in [0.2, 0.25) is 0 Å². The molecule has 2 aromatic rings. The lowest BCUT2D eigenvalue weighted by Gasteiger charge is -2.36. The van der Waals surface area contributed by atoms with E-state index in [1.807, 2.05) is 11.8 Å². The third kappa shape index (κ3) is 6.34. The van der Waals surface area contributed by atoms with Gasteiger partial charge in [0, 0.05) is 32.7 Å². The fraction of sp³-hybridized carbons (Fsp3) is 0.400. The largest absolute Gasteiger partial charge is 0.459 e. The molecule has 2 heterocycles. The van der Waals surface area contributed by atoms with Crippen LogP contribution in [0.2, 0.25) is 0 Å². The van der Waals surface area contributed by atoms with Gasteiger partial charge in [0.05, 0.1) is 18.4 Å². The van der Waals surface area contributed by atoms with Gasteiger partial charge in [-0.05, 0) is 36.8 Å². The number of hydrogen-bond donors (Lipinski definition) is 1. The first-order chi connectivity index (χ1) is 14.3. The zero-order chi connectivity index (χ0) is 21.7. The number of nitrogens with zero attached hydrogens (tertiary/aromatic N) is 3. The van der Waals surface area contributed by atoms with Crippen LogP contribution in [-0.4, -0.2) is 54.4 Å². The third-order valence-electron chi connectivity index (χ3n) is 4.71. The van der Waals surface area contributed by atoms with E-state index >= 15 is 0 Å². The predicted molar refractivity (Wildman–Crippen MR) is 118 cm³/mol. The highest BCUT2D eigenvalue weighted by atomic mass is 127. The molecule has 0 spiro atoms. The quantitative estimate of drug-likeness (QED) is 0.269. The van der Waals surface area contributed by atoms with Crippen molar-refractivity contribution in [3.8, 4) is 0 Å². The van der Waals surface area contributed by atoms with Crippen LogP contribution in [0.1, 0.15) is 28.6 Å². The highest BCUT2D eigenvalue weighted by Gasteiger charge is 2.33. The topological polar surface area (TPSA) is 61.1 Å². The minimum atomic E-state index is -4.66. The fourth-order valence-corrected chi connectivity index (χ4v) is 3.21. The van der Waals surface area contributed by atoms with Gasteiger partial charge in [-0.2, -0.15) is 13.2 Å². The Morgan fingerprint density at radius 1 is 1.16 bits per heavy atom. The molecule has 3 rings (SSSR count). The normalized spacial score (nSPS) is 14.9. The molecule has 170 valence electrons. The van der Waals surface area contributed by atoms with E-state index in [0.717, 1.165) is 12.1 Å². The molecule has 0 aliphatic carbocycles. The molecule has 1 aliphatic rings. The summed E-state index contributed by atoms with van der Waals surface area (Å²) in [6, 6.07) is 5.82. The molecule has 0 bridgehead atoms. The monoisotopic (exact) mass is 554 g/mol. The fourth-order valence-electron chi connectivity index (χ4n) is 3.21. The molecule has 1 aliphatic heterocycles. The van der Waals surface area contributed by atoms with E-state index < -0.39 is 17.6 Å². The molecule has 6 nitrogen and oxygen atoms in total. The van der Waals surface area contributed by atoms with Crippen LogP contribution in [-0.2, 0) is 12.7 Å². The number of hydrogen-bond acceptors (Lipinski definition) is 3. The summed E-state index contributed by atoms with van der Waals surface area (Å²) in [6.07, 6.45) is -3.23. The minimum Gasteiger partial charge on any atom is -0.459 e. The van der Waals surface area contributed by atoms with E-state index in [2.05, 4.69) is 10.3 Å². The number of guanidine groups is 1. The van der Waals surface area contributed by atoms with E-state index in [0.29, 0.717) is 44.7 Å². The first-order valence-corrected chi connectivity index (χ1v) is 9.51. The molecule has 0 saturated carbocycles.